The molecule has 23 heavy (non-hydrogen) atoms. The van der Waals surface area contributed by atoms with Gasteiger partial charge in [0.05, 0.1) is 5.69 Å². The molecular weight excluding hydrogens is 294 g/mol. The molecule has 0 spiro atoms. The van der Waals surface area contributed by atoms with Crippen molar-refractivity contribution in [3.05, 3.63) is 58.3 Å². The Balaban J connectivity index is 1.85. The first-order valence-corrected chi connectivity index (χ1v) is 7.14. The topological polar surface area (TPSA) is 106 Å². The van der Waals surface area contributed by atoms with E-state index in [0.717, 1.165) is 11.1 Å². The summed E-state index contributed by atoms with van der Waals surface area (Å²) in [6, 6.07) is 6.06. The monoisotopic (exact) mass is 311 g/mol. The van der Waals surface area contributed by atoms with Crippen LogP contribution in [0.3, 0.4) is 0 Å². The van der Waals surface area contributed by atoms with Crippen molar-refractivity contribution in [3.8, 4) is 0 Å². The SMILES string of the molecule is Cc1nn(C)cc1C(N)C(=O)Nc1ccc2c(=O)[nH]ccc2c1. The highest BCUT2D eigenvalue weighted by molar-refractivity contribution is 5.97. The molecule has 1 amide bonds. The standard InChI is InChI=1S/C16H17N5O2/c1-9-13(8-21(2)20-9)14(17)16(23)19-11-3-4-12-10(7-11)5-6-18-15(12)22/h3-8,14H,17H2,1-2H3,(H,18,22)(H,19,23). The molecule has 1 atom stereocenters. The van der Waals surface area contributed by atoms with E-state index in [1.54, 1.807) is 48.4 Å². The van der Waals surface area contributed by atoms with E-state index >= 15 is 0 Å². The van der Waals surface area contributed by atoms with E-state index in [4.69, 9.17) is 5.73 Å². The molecule has 0 aliphatic carbocycles. The van der Waals surface area contributed by atoms with Crippen molar-refractivity contribution in [2.24, 2.45) is 12.8 Å². The van der Waals surface area contributed by atoms with Crippen LogP contribution in [0.5, 0.6) is 0 Å². The van der Waals surface area contributed by atoms with Crippen molar-refractivity contribution in [2.75, 3.05) is 5.32 Å². The molecule has 7 nitrogen and oxygen atoms in total. The molecule has 0 saturated carbocycles. The second-order valence-electron chi connectivity index (χ2n) is 5.42. The van der Waals surface area contributed by atoms with E-state index in [1.165, 1.54) is 0 Å². The maximum absolute atomic E-state index is 12.3. The van der Waals surface area contributed by atoms with Gasteiger partial charge >= 0.3 is 0 Å². The number of fused-ring (bicyclic) bond motifs is 1. The molecule has 3 aromatic rings. The van der Waals surface area contributed by atoms with Gasteiger partial charge in [-0.05, 0) is 36.6 Å². The molecule has 3 rings (SSSR count). The van der Waals surface area contributed by atoms with Crippen LogP contribution in [0.25, 0.3) is 10.8 Å². The highest BCUT2D eigenvalue weighted by atomic mass is 16.2. The number of aryl methyl sites for hydroxylation is 2. The highest BCUT2D eigenvalue weighted by Gasteiger charge is 2.20. The Morgan fingerprint density at radius 2 is 2.17 bits per heavy atom. The minimum absolute atomic E-state index is 0.164. The summed E-state index contributed by atoms with van der Waals surface area (Å²) in [6.07, 6.45) is 3.31. The van der Waals surface area contributed by atoms with Crippen LogP contribution in [0, 0.1) is 6.92 Å². The fraction of sp³-hybridized carbons (Fsp3) is 0.188. The predicted octanol–water partition coefficient (Wildman–Crippen LogP) is 1.21. The Hall–Kier alpha value is -2.93. The molecule has 0 aliphatic rings. The van der Waals surface area contributed by atoms with Crippen LogP contribution in [-0.4, -0.2) is 20.7 Å². The number of amides is 1. The van der Waals surface area contributed by atoms with Gasteiger partial charge in [-0.25, -0.2) is 0 Å². The molecule has 0 aliphatic heterocycles. The van der Waals surface area contributed by atoms with Crippen LogP contribution in [0.2, 0.25) is 0 Å². The van der Waals surface area contributed by atoms with Crippen molar-refractivity contribution in [1.29, 1.82) is 0 Å². The minimum atomic E-state index is -0.807. The van der Waals surface area contributed by atoms with E-state index in [-0.39, 0.29) is 11.5 Å². The number of hydrogen-bond acceptors (Lipinski definition) is 4. The number of nitrogens with two attached hydrogens (primary N) is 1. The van der Waals surface area contributed by atoms with Gasteiger partial charge in [0.1, 0.15) is 6.04 Å². The number of aromatic amines is 1. The van der Waals surface area contributed by atoms with Crippen molar-refractivity contribution >= 4 is 22.4 Å². The van der Waals surface area contributed by atoms with Crippen LogP contribution in [-0.2, 0) is 11.8 Å². The van der Waals surface area contributed by atoms with Crippen LogP contribution in [0.4, 0.5) is 5.69 Å². The lowest BCUT2D eigenvalue weighted by Crippen LogP contribution is -2.28. The van der Waals surface area contributed by atoms with Gasteiger partial charge in [-0.3, -0.25) is 14.3 Å². The van der Waals surface area contributed by atoms with Crippen LogP contribution in [0.1, 0.15) is 17.3 Å². The number of hydrogen-bond donors (Lipinski definition) is 3. The minimum Gasteiger partial charge on any atom is -0.329 e. The summed E-state index contributed by atoms with van der Waals surface area (Å²) >= 11 is 0. The number of H-pyrrole nitrogens is 1. The second-order valence-corrected chi connectivity index (χ2v) is 5.42. The van der Waals surface area contributed by atoms with E-state index in [2.05, 4.69) is 15.4 Å². The largest absolute Gasteiger partial charge is 0.329 e. The zero-order valence-corrected chi connectivity index (χ0v) is 12.8. The Labute approximate surface area is 132 Å². The Bertz CT molecular complexity index is 941. The fourth-order valence-corrected chi connectivity index (χ4v) is 2.55. The van der Waals surface area contributed by atoms with Gasteiger partial charge in [0, 0.05) is 36.1 Å². The zero-order chi connectivity index (χ0) is 16.6. The quantitative estimate of drug-likeness (QED) is 0.676. The summed E-state index contributed by atoms with van der Waals surface area (Å²) in [6.45, 7) is 1.81. The van der Waals surface area contributed by atoms with Crippen molar-refractivity contribution in [1.82, 2.24) is 14.8 Å². The molecule has 1 aromatic carbocycles. The molecule has 0 radical (unpaired) electrons. The number of benzene rings is 1. The van der Waals surface area contributed by atoms with Gasteiger partial charge in [0.2, 0.25) is 5.91 Å². The molecular formula is C16H17N5O2. The lowest BCUT2D eigenvalue weighted by atomic mass is 10.1. The van der Waals surface area contributed by atoms with Crippen molar-refractivity contribution in [3.63, 3.8) is 0 Å². The van der Waals surface area contributed by atoms with E-state index in [1.807, 2.05) is 6.92 Å². The summed E-state index contributed by atoms with van der Waals surface area (Å²) in [4.78, 5) is 26.6. The highest BCUT2D eigenvalue weighted by Crippen LogP contribution is 2.19. The first-order chi connectivity index (χ1) is 11.0. The number of rotatable bonds is 3. The third-order valence-corrected chi connectivity index (χ3v) is 3.71. The molecule has 2 heterocycles. The fourth-order valence-electron chi connectivity index (χ4n) is 2.55. The van der Waals surface area contributed by atoms with Crippen molar-refractivity contribution in [2.45, 2.75) is 13.0 Å². The maximum Gasteiger partial charge on any atom is 0.255 e. The Morgan fingerprint density at radius 1 is 1.39 bits per heavy atom. The first-order valence-electron chi connectivity index (χ1n) is 7.14. The molecule has 4 N–H and O–H groups in total. The summed E-state index contributed by atoms with van der Waals surface area (Å²) in [5.74, 6) is -0.328. The van der Waals surface area contributed by atoms with Gasteiger partial charge < -0.3 is 16.0 Å². The lowest BCUT2D eigenvalue weighted by molar-refractivity contribution is -0.117. The maximum atomic E-state index is 12.3. The summed E-state index contributed by atoms with van der Waals surface area (Å²) < 4.78 is 1.63. The van der Waals surface area contributed by atoms with Crippen LogP contribution in [0.15, 0.2) is 41.5 Å². The number of aromatic nitrogens is 3. The zero-order valence-electron chi connectivity index (χ0n) is 12.8. The number of carbonyl (C=O) groups excluding carboxylic acids is 1. The average Bonchev–Trinajstić information content (AvgIpc) is 2.85. The Kier molecular flexibility index (Phi) is 3.71. The number of pyridine rings is 1. The van der Waals surface area contributed by atoms with Gasteiger partial charge in [0.25, 0.3) is 5.56 Å². The number of anilines is 1. The van der Waals surface area contributed by atoms with E-state index < -0.39 is 6.04 Å². The van der Waals surface area contributed by atoms with Crippen LogP contribution >= 0.6 is 0 Å². The third kappa shape index (κ3) is 2.86. The molecule has 0 bridgehead atoms. The number of nitrogens with one attached hydrogen (secondary N) is 2. The van der Waals surface area contributed by atoms with E-state index in [9.17, 15) is 9.59 Å². The average molecular weight is 311 g/mol. The molecule has 0 saturated heterocycles. The molecule has 118 valence electrons. The summed E-state index contributed by atoms with van der Waals surface area (Å²) in [5.41, 5.74) is 7.85. The lowest BCUT2D eigenvalue weighted by Gasteiger charge is -2.12. The van der Waals surface area contributed by atoms with Gasteiger partial charge in [-0.15, -0.1) is 0 Å². The van der Waals surface area contributed by atoms with Gasteiger partial charge in [-0.2, -0.15) is 5.10 Å². The predicted molar refractivity (Wildman–Crippen MR) is 88.1 cm³/mol. The first kappa shape index (κ1) is 15.0. The number of carbonyl (C=O) groups is 1. The second kappa shape index (κ2) is 5.69. The smallest absolute Gasteiger partial charge is 0.255 e. The van der Waals surface area contributed by atoms with E-state index in [0.29, 0.717) is 16.6 Å². The Morgan fingerprint density at radius 3 is 2.87 bits per heavy atom. The molecule has 1 unspecified atom stereocenters. The summed E-state index contributed by atoms with van der Waals surface area (Å²) in [7, 11) is 1.78. The van der Waals surface area contributed by atoms with Gasteiger partial charge in [-0.1, -0.05) is 0 Å². The third-order valence-electron chi connectivity index (χ3n) is 3.71. The van der Waals surface area contributed by atoms with Gasteiger partial charge in [0.15, 0.2) is 0 Å². The summed E-state index contributed by atoms with van der Waals surface area (Å²) in [5, 5.41) is 8.28. The normalized spacial score (nSPS) is 12.3. The number of nitrogens with zero attached hydrogens (tertiary/aromatic N) is 2. The van der Waals surface area contributed by atoms with Crippen LogP contribution < -0.4 is 16.6 Å². The molecule has 0 fully saturated rings. The molecule has 7 heteroatoms. The van der Waals surface area contributed by atoms with Crippen molar-refractivity contribution < 1.29 is 4.79 Å². The molecule has 2 aromatic heterocycles.